The van der Waals surface area contributed by atoms with Gasteiger partial charge in [-0.15, -0.1) is 0 Å². The number of benzene rings is 1. The van der Waals surface area contributed by atoms with Gasteiger partial charge >= 0.3 is 6.61 Å². The molecule has 2 nitrogen and oxygen atoms in total. The van der Waals surface area contributed by atoms with E-state index in [1.54, 1.807) is 18.2 Å². The molecule has 0 amide bonds. The van der Waals surface area contributed by atoms with Crippen molar-refractivity contribution in [3.8, 4) is 5.75 Å². The van der Waals surface area contributed by atoms with E-state index in [0.717, 1.165) is 24.0 Å². The van der Waals surface area contributed by atoms with E-state index >= 15 is 0 Å². The molecule has 100 valence electrons. The fourth-order valence-electron chi connectivity index (χ4n) is 2.49. The average molecular weight is 256 g/mol. The Morgan fingerprint density at radius 2 is 2.06 bits per heavy atom. The zero-order valence-electron chi connectivity index (χ0n) is 10.6. The lowest BCUT2D eigenvalue weighted by Crippen LogP contribution is -2.15. The highest BCUT2D eigenvalue weighted by Gasteiger charge is 2.28. The molecule has 0 radical (unpaired) electrons. The van der Waals surface area contributed by atoms with Crippen molar-refractivity contribution >= 4 is 0 Å². The lowest BCUT2D eigenvalue weighted by atomic mass is 9.88. The number of aryl methyl sites for hydroxylation is 1. The van der Waals surface area contributed by atoms with Crippen LogP contribution in [-0.4, -0.2) is 11.7 Å². The number of rotatable bonds is 2. The Morgan fingerprint density at radius 3 is 2.72 bits per heavy atom. The van der Waals surface area contributed by atoms with Crippen molar-refractivity contribution in [3.05, 3.63) is 29.3 Å². The van der Waals surface area contributed by atoms with E-state index in [-0.39, 0.29) is 11.7 Å². The minimum absolute atomic E-state index is 0.115. The zero-order chi connectivity index (χ0) is 13.3. The molecule has 0 saturated carbocycles. The van der Waals surface area contributed by atoms with Crippen LogP contribution in [0, 0.1) is 11.8 Å². The van der Waals surface area contributed by atoms with E-state index in [0.29, 0.717) is 5.92 Å². The molecule has 1 aliphatic rings. The van der Waals surface area contributed by atoms with Crippen LogP contribution >= 0.6 is 0 Å². The number of hydrogen-bond donors (Lipinski definition) is 1. The quantitative estimate of drug-likeness (QED) is 0.820. The first-order chi connectivity index (χ1) is 8.49. The lowest BCUT2D eigenvalue weighted by Gasteiger charge is -2.22. The van der Waals surface area contributed by atoms with Gasteiger partial charge in [-0.25, -0.2) is 0 Å². The van der Waals surface area contributed by atoms with Crippen LogP contribution in [0.25, 0.3) is 0 Å². The summed E-state index contributed by atoms with van der Waals surface area (Å²) in [5.41, 5.74) is 1.75. The Balaban J connectivity index is 2.33. The summed E-state index contributed by atoms with van der Waals surface area (Å²) in [6.45, 7) is 1.27. The molecule has 2 rings (SSSR count). The Morgan fingerprint density at radius 1 is 1.33 bits per heavy atom. The minimum Gasteiger partial charge on any atom is -0.435 e. The van der Waals surface area contributed by atoms with Crippen LogP contribution in [0.3, 0.4) is 0 Å². The van der Waals surface area contributed by atoms with Crippen LogP contribution in [0.1, 0.15) is 37.5 Å². The third kappa shape index (κ3) is 2.64. The predicted molar refractivity (Wildman–Crippen MR) is 64.7 cm³/mol. The monoisotopic (exact) mass is 256 g/mol. The summed E-state index contributed by atoms with van der Waals surface area (Å²) in [5, 5.41) is 10.3. The molecule has 1 N–H and O–H groups in total. The van der Waals surface area contributed by atoms with Crippen LogP contribution in [0.2, 0.25) is 0 Å². The van der Waals surface area contributed by atoms with Gasteiger partial charge in [-0.3, -0.25) is 0 Å². The van der Waals surface area contributed by atoms with Crippen molar-refractivity contribution in [1.29, 1.82) is 0 Å². The molecule has 0 heterocycles. The molecule has 4 heteroatoms. The number of ether oxygens (including phenoxy) is 1. The van der Waals surface area contributed by atoms with Gasteiger partial charge in [0, 0.05) is 0 Å². The summed E-state index contributed by atoms with van der Waals surface area (Å²) in [6.07, 6.45) is 1.26. The first kappa shape index (κ1) is 13.3. The molecule has 3 unspecified atom stereocenters. The number of hydrogen-bond acceptors (Lipinski definition) is 2. The van der Waals surface area contributed by atoms with Crippen molar-refractivity contribution in [2.24, 2.45) is 11.8 Å². The van der Waals surface area contributed by atoms with Crippen LogP contribution in [0.15, 0.2) is 18.2 Å². The molecule has 1 aromatic carbocycles. The molecule has 0 saturated heterocycles. The molecular formula is C14H18F2O2. The van der Waals surface area contributed by atoms with Crippen molar-refractivity contribution in [3.63, 3.8) is 0 Å². The number of alkyl halides is 2. The van der Waals surface area contributed by atoms with Crippen LogP contribution < -0.4 is 4.74 Å². The number of fused-ring (bicyclic) bond motifs is 1. The van der Waals surface area contributed by atoms with Crippen molar-refractivity contribution in [1.82, 2.24) is 0 Å². The molecule has 0 fully saturated rings. The Kier molecular flexibility index (Phi) is 3.85. The molecule has 3 atom stereocenters. The van der Waals surface area contributed by atoms with E-state index in [2.05, 4.69) is 11.7 Å². The predicted octanol–water partition coefficient (Wildman–Crippen LogP) is 3.54. The first-order valence-corrected chi connectivity index (χ1v) is 6.24. The van der Waals surface area contributed by atoms with Crippen molar-refractivity contribution in [2.75, 3.05) is 0 Å². The van der Waals surface area contributed by atoms with Crippen LogP contribution in [-0.2, 0) is 6.42 Å². The topological polar surface area (TPSA) is 29.5 Å². The number of aliphatic hydroxyl groups is 1. The van der Waals surface area contributed by atoms with Gasteiger partial charge in [0.25, 0.3) is 0 Å². The van der Waals surface area contributed by atoms with E-state index in [9.17, 15) is 13.9 Å². The normalized spacial score (nSPS) is 27.8. The van der Waals surface area contributed by atoms with Gasteiger partial charge in [0.1, 0.15) is 5.75 Å². The molecule has 1 aromatic rings. The smallest absolute Gasteiger partial charge is 0.387 e. The van der Waals surface area contributed by atoms with Gasteiger partial charge in [0.05, 0.1) is 6.10 Å². The maximum absolute atomic E-state index is 12.2. The van der Waals surface area contributed by atoms with E-state index < -0.39 is 12.7 Å². The van der Waals surface area contributed by atoms with Crippen LogP contribution in [0.5, 0.6) is 5.75 Å². The minimum atomic E-state index is -2.83. The molecule has 0 aromatic heterocycles. The summed E-state index contributed by atoms with van der Waals surface area (Å²) in [6, 6.07) is 4.86. The van der Waals surface area contributed by atoms with E-state index in [1.165, 1.54) is 0 Å². The second-order valence-electron chi connectivity index (χ2n) is 5.06. The van der Waals surface area contributed by atoms with Gasteiger partial charge in [0.15, 0.2) is 0 Å². The second kappa shape index (κ2) is 5.22. The molecule has 0 aliphatic heterocycles. The highest BCUT2D eigenvalue weighted by molar-refractivity contribution is 5.38. The van der Waals surface area contributed by atoms with E-state index in [1.807, 2.05) is 6.92 Å². The SMILES string of the molecule is CC1CCc2ccc(OC(F)F)cc2C(O)C1C. The summed E-state index contributed by atoms with van der Waals surface area (Å²) >= 11 is 0. The molecule has 1 aliphatic carbocycles. The van der Waals surface area contributed by atoms with E-state index in [4.69, 9.17) is 0 Å². The van der Waals surface area contributed by atoms with Gasteiger partial charge in [0.2, 0.25) is 0 Å². The molecule has 0 spiro atoms. The molecule has 18 heavy (non-hydrogen) atoms. The van der Waals surface area contributed by atoms with Crippen molar-refractivity contribution in [2.45, 2.75) is 39.4 Å². The molecular weight excluding hydrogens is 238 g/mol. The zero-order valence-corrected chi connectivity index (χ0v) is 10.6. The fraction of sp³-hybridized carbons (Fsp3) is 0.571. The standard InChI is InChI=1S/C14H18F2O2/c1-8-3-4-10-5-6-11(18-14(15)16)7-12(10)13(17)9(8)2/h5-9,13-14,17H,3-4H2,1-2H3. The summed E-state index contributed by atoms with van der Waals surface area (Å²) in [5.74, 6) is 0.643. The summed E-state index contributed by atoms with van der Waals surface area (Å²) < 4.78 is 28.8. The van der Waals surface area contributed by atoms with Crippen LogP contribution in [0.4, 0.5) is 8.78 Å². The van der Waals surface area contributed by atoms with Crippen molar-refractivity contribution < 1.29 is 18.6 Å². The van der Waals surface area contributed by atoms with Gasteiger partial charge in [-0.1, -0.05) is 19.9 Å². The summed E-state index contributed by atoms with van der Waals surface area (Å²) in [4.78, 5) is 0. The Labute approximate surface area is 106 Å². The first-order valence-electron chi connectivity index (χ1n) is 6.24. The van der Waals surface area contributed by atoms with Gasteiger partial charge < -0.3 is 9.84 Å². The van der Waals surface area contributed by atoms with Gasteiger partial charge in [-0.05, 0) is 47.9 Å². The van der Waals surface area contributed by atoms with Gasteiger partial charge in [-0.2, -0.15) is 8.78 Å². The average Bonchev–Trinajstić information content (AvgIpc) is 2.42. The number of halogens is 2. The lowest BCUT2D eigenvalue weighted by molar-refractivity contribution is -0.0500. The third-order valence-corrected chi connectivity index (χ3v) is 3.93. The highest BCUT2D eigenvalue weighted by Crippen LogP contribution is 2.37. The fourth-order valence-corrected chi connectivity index (χ4v) is 2.49. The second-order valence-corrected chi connectivity index (χ2v) is 5.06. The Hall–Kier alpha value is -1.16. The largest absolute Gasteiger partial charge is 0.435 e. The Bertz CT molecular complexity index is 420. The highest BCUT2D eigenvalue weighted by atomic mass is 19.3. The summed E-state index contributed by atoms with van der Waals surface area (Å²) in [7, 11) is 0. The number of aliphatic hydroxyl groups excluding tert-OH is 1. The molecule has 0 bridgehead atoms. The maximum atomic E-state index is 12.2. The maximum Gasteiger partial charge on any atom is 0.387 e. The third-order valence-electron chi connectivity index (χ3n) is 3.93.